The molecule has 0 aliphatic rings. The molecular weight excluding hydrogens is 390 g/mol. The molecule has 0 saturated heterocycles. The number of nitrogens with zero attached hydrogens (tertiary/aromatic N) is 1. The number of aliphatic carboxylic acids is 1. The van der Waals surface area contributed by atoms with Crippen molar-refractivity contribution < 1.29 is 14.7 Å². The van der Waals surface area contributed by atoms with Crippen molar-refractivity contribution in [1.82, 2.24) is 4.90 Å². The topological polar surface area (TPSA) is 110 Å². The molecule has 0 spiro atoms. The van der Waals surface area contributed by atoms with Gasteiger partial charge in [-0.05, 0) is 65.6 Å². The molecule has 0 aliphatic carbocycles. The monoisotopic (exact) mass is 441 g/mol. The van der Waals surface area contributed by atoms with E-state index in [9.17, 15) is 9.59 Å². The summed E-state index contributed by atoms with van der Waals surface area (Å²) in [5, 5.41) is 7.60. The number of carboxylic acid groups (broad SMARTS) is 1. The predicted octanol–water partition coefficient (Wildman–Crippen LogP) is 5.27. The number of carbonyl (C=O) groups is 2. The highest BCUT2D eigenvalue weighted by Gasteiger charge is 1.94. The Morgan fingerprint density at radius 2 is 1.29 bits per heavy atom. The Kier molecular flexibility index (Phi) is 33.5. The number of hydrogen-bond donors (Lipinski definition) is 3. The first-order valence-electron chi connectivity index (χ1n) is 12.0. The molecule has 0 fully saturated rings. The van der Waals surface area contributed by atoms with Gasteiger partial charge in [0.15, 0.2) is 0 Å². The van der Waals surface area contributed by atoms with E-state index in [-0.39, 0.29) is 12.5 Å². The number of unbranched alkanes of at least 4 members (excludes halogenated alkanes) is 8. The second-order valence-corrected chi connectivity index (χ2v) is 7.85. The number of nitrogens with two attached hydrogens (primary N) is 2. The normalized spacial score (nSPS) is 10.6. The second kappa shape index (κ2) is 30.5. The highest BCUT2D eigenvalue weighted by Crippen LogP contribution is 2.07. The van der Waals surface area contributed by atoms with Crippen molar-refractivity contribution in [2.45, 2.75) is 97.3 Å². The zero-order valence-corrected chi connectivity index (χ0v) is 20.8. The van der Waals surface area contributed by atoms with Gasteiger partial charge in [-0.1, -0.05) is 70.3 Å². The minimum atomic E-state index is -0.968. The summed E-state index contributed by atoms with van der Waals surface area (Å²) in [5.74, 6) is -1.14. The van der Waals surface area contributed by atoms with E-state index >= 15 is 0 Å². The number of amides is 1. The maximum absolute atomic E-state index is 10.5. The van der Waals surface area contributed by atoms with E-state index in [1.54, 1.807) is 0 Å². The molecule has 0 aliphatic heterocycles. The van der Waals surface area contributed by atoms with Gasteiger partial charge >= 0.3 is 5.97 Å². The fourth-order valence-electron chi connectivity index (χ4n) is 2.56. The van der Waals surface area contributed by atoms with Gasteiger partial charge in [0.1, 0.15) is 0 Å². The SMILES string of the molecule is CCCCC/C=C\C/C=C\CCCCCCCC(N)=O.CCCN(C)C.NCC(=O)O. The summed E-state index contributed by atoms with van der Waals surface area (Å²) in [5.41, 5.74) is 9.66. The van der Waals surface area contributed by atoms with Crippen LogP contribution in [-0.4, -0.2) is 49.1 Å². The number of primary amides is 1. The minimum absolute atomic E-state index is 0.171. The standard InChI is InChI=1S/C18H33NO.C5H13N.C2H5NO2/c1-2-3-4-5-6-7-8-9-10-11-12-13-14-15-16-17-18(19)20;1-4-5-6(2)3;3-1-2(4)5/h6-7,9-10H,2-5,8,11-17H2,1H3,(H2,19,20);4-5H2,1-3H3;1,3H2,(H,4,5)/b7-6-,10-9-;;. The molecule has 0 saturated carbocycles. The molecule has 6 nitrogen and oxygen atoms in total. The summed E-state index contributed by atoms with van der Waals surface area (Å²) < 4.78 is 0. The van der Waals surface area contributed by atoms with Crippen LogP contribution in [0.4, 0.5) is 0 Å². The summed E-state index contributed by atoms with van der Waals surface area (Å²) in [7, 11) is 4.17. The third-order valence-corrected chi connectivity index (χ3v) is 4.22. The van der Waals surface area contributed by atoms with Crippen LogP contribution in [0.1, 0.15) is 97.3 Å². The Morgan fingerprint density at radius 3 is 1.68 bits per heavy atom. The first kappa shape index (κ1) is 34.0. The van der Waals surface area contributed by atoms with E-state index in [0.717, 1.165) is 19.3 Å². The smallest absolute Gasteiger partial charge is 0.317 e. The Labute approximate surface area is 192 Å². The largest absolute Gasteiger partial charge is 0.480 e. The van der Waals surface area contributed by atoms with Crippen molar-refractivity contribution >= 4 is 11.9 Å². The van der Waals surface area contributed by atoms with Crippen molar-refractivity contribution in [2.75, 3.05) is 27.2 Å². The van der Waals surface area contributed by atoms with E-state index < -0.39 is 5.97 Å². The molecule has 0 heterocycles. The lowest BCUT2D eigenvalue weighted by Gasteiger charge is -2.03. The highest BCUT2D eigenvalue weighted by atomic mass is 16.4. The van der Waals surface area contributed by atoms with Crippen molar-refractivity contribution in [3.63, 3.8) is 0 Å². The van der Waals surface area contributed by atoms with Crippen LogP contribution in [0.2, 0.25) is 0 Å². The van der Waals surface area contributed by atoms with E-state index in [4.69, 9.17) is 10.8 Å². The third kappa shape index (κ3) is 47.5. The maximum atomic E-state index is 10.5. The van der Waals surface area contributed by atoms with Gasteiger partial charge in [0.05, 0.1) is 6.54 Å². The molecule has 31 heavy (non-hydrogen) atoms. The van der Waals surface area contributed by atoms with Gasteiger partial charge in [0.25, 0.3) is 0 Å². The molecular formula is C25H51N3O3. The fourth-order valence-corrected chi connectivity index (χ4v) is 2.56. The van der Waals surface area contributed by atoms with Crippen LogP contribution in [-0.2, 0) is 9.59 Å². The Bertz CT molecular complexity index is 436. The Hall–Kier alpha value is -1.66. The van der Waals surface area contributed by atoms with Crippen molar-refractivity contribution in [3.05, 3.63) is 24.3 Å². The van der Waals surface area contributed by atoms with Crippen LogP contribution < -0.4 is 11.5 Å². The van der Waals surface area contributed by atoms with Gasteiger partial charge in [-0.15, -0.1) is 0 Å². The van der Waals surface area contributed by atoms with Crippen molar-refractivity contribution in [1.29, 1.82) is 0 Å². The summed E-state index contributed by atoms with van der Waals surface area (Å²) in [6.45, 7) is 5.35. The van der Waals surface area contributed by atoms with Gasteiger partial charge in [-0.2, -0.15) is 0 Å². The van der Waals surface area contributed by atoms with Gasteiger partial charge in [0, 0.05) is 6.42 Å². The number of hydrogen-bond acceptors (Lipinski definition) is 4. The summed E-state index contributed by atoms with van der Waals surface area (Å²) in [6.07, 6.45) is 24.2. The van der Waals surface area contributed by atoms with Gasteiger partial charge in [0.2, 0.25) is 5.91 Å². The van der Waals surface area contributed by atoms with E-state index in [1.807, 2.05) is 0 Å². The number of carboxylic acids is 1. The molecule has 0 aromatic heterocycles. The van der Waals surface area contributed by atoms with Crippen LogP contribution in [0.3, 0.4) is 0 Å². The van der Waals surface area contributed by atoms with Crippen LogP contribution in [0, 0.1) is 0 Å². The zero-order chi connectivity index (χ0) is 24.2. The maximum Gasteiger partial charge on any atom is 0.317 e. The average molecular weight is 442 g/mol. The fraction of sp³-hybridized carbons (Fsp3) is 0.760. The average Bonchev–Trinajstić information content (AvgIpc) is 2.71. The minimum Gasteiger partial charge on any atom is -0.480 e. The third-order valence-electron chi connectivity index (χ3n) is 4.22. The van der Waals surface area contributed by atoms with Gasteiger partial charge < -0.3 is 21.5 Å². The molecule has 0 radical (unpaired) electrons. The van der Waals surface area contributed by atoms with E-state index in [0.29, 0.717) is 6.42 Å². The lowest BCUT2D eigenvalue weighted by molar-refractivity contribution is -0.135. The number of allylic oxidation sites excluding steroid dienone is 4. The lowest BCUT2D eigenvalue weighted by atomic mass is 10.1. The molecule has 0 aromatic carbocycles. The quantitative estimate of drug-likeness (QED) is 0.210. The highest BCUT2D eigenvalue weighted by molar-refractivity contribution is 5.73. The predicted molar refractivity (Wildman–Crippen MR) is 134 cm³/mol. The van der Waals surface area contributed by atoms with Crippen LogP contribution >= 0.6 is 0 Å². The molecule has 1 amide bonds. The molecule has 0 aromatic rings. The first-order valence-corrected chi connectivity index (χ1v) is 12.0. The molecule has 184 valence electrons. The summed E-state index contributed by atoms with van der Waals surface area (Å²) in [4.78, 5) is 22.0. The van der Waals surface area contributed by atoms with Crippen molar-refractivity contribution in [2.24, 2.45) is 11.5 Å². The summed E-state index contributed by atoms with van der Waals surface area (Å²) in [6, 6.07) is 0. The Morgan fingerprint density at radius 1 is 0.806 bits per heavy atom. The van der Waals surface area contributed by atoms with Gasteiger partial charge in [-0.25, -0.2) is 0 Å². The lowest BCUT2D eigenvalue weighted by Crippen LogP contribution is -2.11. The van der Waals surface area contributed by atoms with Gasteiger partial charge in [-0.3, -0.25) is 9.59 Å². The molecule has 0 bridgehead atoms. The van der Waals surface area contributed by atoms with E-state index in [2.05, 4.69) is 62.9 Å². The number of carbonyl (C=O) groups excluding carboxylic acids is 1. The van der Waals surface area contributed by atoms with Crippen LogP contribution in [0.15, 0.2) is 24.3 Å². The van der Waals surface area contributed by atoms with Crippen molar-refractivity contribution in [3.8, 4) is 0 Å². The van der Waals surface area contributed by atoms with E-state index in [1.165, 1.54) is 64.3 Å². The molecule has 6 heteroatoms. The molecule has 5 N–H and O–H groups in total. The summed E-state index contributed by atoms with van der Waals surface area (Å²) >= 11 is 0. The Balaban J connectivity index is -0.000000583. The van der Waals surface area contributed by atoms with Crippen LogP contribution in [0.5, 0.6) is 0 Å². The second-order valence-electron chi connectivity index (χ2n) is 7.85. The first-order chi connectivity index (χ1) is 14.8. The molecule has 0 atom stereocenters. The van der Waals surface area contributed by atoms with Crippen LogP contribution in [0.25, 0.3) is 0 Å². The molecule has 0 unspecified atom stereocenters. The molecule has 0 rings (SSSR count). The number of rotatable bonds is 17. The zero-order valence-electron chi connectivity index (χ0n) is 20.8.